The summed E-state index contributed by atoms with van der Waals surface area (Å²) in [5.41, 5.74) is 6.98. The molecule has 2 rings (SSSR count). The van der Waals surface area contributed by atoms with Crippen LogP contribution >= 0.6 is 0 Å². The van der Waals surface area contributed by atoms with Crippen molar-refractivity contribution >= 4 is 22.9 Å². The highest BCUT2D eigenvalue weighted by Crippen LogP contribution is 2.41. The number of rotatable bonds is 11. The van der Waals surface area contributed by atoms with Crippen molar-refractivity contribution in [2.45, 2.75) is 78.0 Å². The lowest BCUT2D eigenvalue weighted by Gasteiger charge is -2.32. The smallest absolute Gasteiger partial charge is 0.401 e. The second-order valence-electron chi connectivity index (χ2n) is 10.5. The van der Waals surface area contributed by atoms with E-state index >= 15 is 0 Å². The Hall–Kier alpha value is -3.16. The first-order valence-electron chi connectivity index (χ1n) is 12.8. The number of hydrogen-bond acceptors (Lipinski definition) is 6. The summed E-state index contributed by atoms with van der Waals surface area (Å²) in [7, 11) is 0. The van der Waals surface area contributed by atoms with Crippen LogP contribution in [0.5, 0.6) is 0 Å². The fourth-order valence-electron chi connectivity index (χ4n) is 4.43. The number of hydrogen-bond donors (Lipinski definition) is 4. The van der Waals surface area contributed by atoms with Crippen molar-refractivity contribution < 1.29 is 23.1 Å². The molecule has 0 saturated carbocycles. The summed E-state index contributed by atoms with van der Waals surface area (Å²) in [6, 6.07) is 7.02. The van der Waals surface area contributed by atoms with Gasteiger partial charge in [0, 0.05) is 17.5 Å². The normalized spacial score (nSPS) is 17.8. The fraction of sp³-hybridized carbons (Fsp3) is 0.536. The number of nitrogens with one attached hydrogen (secondary N) is 2. The maximum Gasteiger partial charge on any atom is 0.401 e. The molecule has 0 heterocycles. The maximum absolute atomic E-state index is 12.9. The summed E-state index contributed by atoms with van der Waals surface area (Å²) in [6.07, 6.45) is 2.46. The molecule has 0 radical (unpaired) electrons. The third-order valence-electron chi connectivity index (χ3n) is 6.72. The van der Waals surface area contributed by atoms with Gasteiger partial charge in [-0.1, -0.05) is 39.3 Å². The first-order valence-corrected chi connectivity index (χ1v) is 12.8. The molecular formula is C28H38F3N5O2. The minimum Gasteiger partial charge on any atom is -0.402 e. The number of carbonyl (C=O) groups excluding carboxylic acids is 1. The number of allylic oxidation sites excluding steroid dienone is 3. The largest absolute Gasteiger partial charge is 0.402 e. The summed E-state index contributed by atoms with van der Waals surface area (Å²) in [5.74, 6) is -0.509. The van der Waals surface area contributed by atoms with Gasteiger partial charge in [-0.15, -0.1) is 0 Å². The second-order valence-corrected chi connectivity index (χ2v) is 10.5. The first kappa shape index (κ1) is 31.1. The minimum atomic E-state index is -4.33. The van der Waals surface area contributed by atoms with Gasteiger partial charge in [0.2, 0.25) is 0 Å². The number of benzene rings is 1. The lowest BCUT2D eigenvalue weighted by Crippen LogP contribution is -2.35. The topological polar surface area (TPSA) is 124 Å². The Kier molecular flexibility index (Phi) is 10.7. The zero-order valence-corrected chi connectivity index (χ0v) is 22.5. The van der Waals surface area contributed by atoms with E-state index in [9.17, 15) is 23.1 Å². The van der Waals surface area contributed by atoms with Gasteiger partial charge in [0.25, 0.3) is 5.91 Å². The molecule has 0 aromatic heterocycles. The number of aliphatic hydroxyl groups is 1. The van der Waals surface area contributed by atoms with Gasteiger partial charge in [-0.25, -0.2) is 4.99 Å². The van der Waals surface area contributed by atoms with Crippen LogP contribution < -0.4 is 16.4 Å². The van der Waals surface area contributed by atoms with Crippen LogP contribution in [0.3, 0.4) is 0 Å². The molecule has 0 bridgehead atoms. The van der Waals surface area contributed by atoms with Crippen LogP contribution in [0.4, 0.5) is 18.9 Å². The number of nitrogens with zero attached hydrogens (tertiary/aromatic N) is 2. The summed E-state index contributed by atoms with van der Waals surface area (Å²) in [6.45, 7) is 6.62. The van der Waals surface area contributed by atoms with Crippen LogP contribution in [0, 0.1) is 16.7 Å². The number of amides is 1. The van der Waals surface area contributed by atoms with E-state index < -0.39 is 24.2 Å². The Balaban J connectivity index is 2.45. The molecule has 1 atom stereocenters. The summed E-state index contributed by atoms with van der Waals surface area (Å²) in [4.78, 5) is 16.8. The number of carbonyl (C=O) groups is 1. The zero-order valence-electron chi connectivity index (χ0n) is 22.5. The van der Waals surface area contributed by atoms with Crippen molar-refractivity contribution in [3.8, 4) is 6.07 Å². The zero-order chi connectivity index (χ0) is 28.6. The van der Waals surface area contributed by atoms with E-state index in [4.69, 9.17) is 11.0 Å². The van der Waals surface area contributed by atoms with Crippen molar-refractivity contribution in [2.24, 2.45) is 16.1 Å². The molecule has 38 heavy (non-hydrogen) atoms. The molecule has 0 spiro atoms. The number of aliphatic imine (C=N–C) groups is 1. The average Bonchev–Trinajstić information content (AvgIpc) is 2.85. The highest BCUT2D eigenvalue weighted by atomic mass is 19.4. The van der Waals surface area contributed by atoms with Gasteiger partial charge >= 0.3 is 6.18 Å². The van der Waals surface area contributed by atoms with E-state index in [1.54, 1.807) is 18.2 Å². The van der Waals surface area contributed by atoms with E-state index in [0.29, 0.717) is 24.1 Å². The van der Waals surface area contributed by atoms with E-state index in [1.165, 1.54) is 6.92 Å². The summed E-state index contributed by atoms with van der Waals surface area (Å²) >= 11 is 0. The van der Waals surface area contributed by atoms with Gasteiger partial charge in [0.15, 0.2) is 5.70 Å². The Labute approximate surface area is 222 Å². The molecule has 7 nitrogen and oxygen atoms in total. The van der Waals surface area contributed by atoms with Gasteiger partial charge in [-0.2, -0.15) is 18.4 Å². The van der Waals surface area contributed by atoms with Gasteiger partial charge < -0.3 is 21.5 Å². The third kappa shape index (κ3) is 8.99. The van der Waals surface area contributed by atoms with Crippen LogP contribution in [0.15, 0.2) is 41.2 Å². The summed E-state index contributed by atoms with van der Waals surface area (Å²) in [5, 5.41) is 25.8. The number of anilines is 1. The third-order valence-corrected chi connectivity index (χ3v) is 6.72. The lowest BCUT2D eigenvalue weighted by atomic mass is 9.76. The summed E-state index contributed by atoms with van der Waals surface area (Å²) < 4.78 is 37.7. The number of halogens is 3. The molecule has 0 fully saturated rings. The lowest BCUT2D eigenvalue weighted by molar-refractivity contribution is -0.125. The van der Waals surface area contributed by atoms with Crippen LogP contribution in [0.25, 0.3) is 5.57 Å². The van der Waals surface area contributed by atoms with Gasteiger partial charge in [-0.3, -0.25) is 4.79 Å². The standard InChI is InChI=1S/C28H38F3N5O2/c1-5-10-27(38,13-14-34-18-28(29,30)31)21-6-7-24(36-25(37)19(2)35-22(16-32)17-33)23(15-21)20-8-11-26(3,4)12-9-20/h6-8,15-16,34,38H,5,9-14,18,32H2,1-4H3,(H,36,37)/b22-16-,35-19?. The van der Waals surface area contributed by atoms with E-state index in [0.717, 1.165) is 36.6 Å². The molecule has 0 saturated heterocycles. The van der Waals surface area contributed by atoms with E-state index in [2.05, 4.69) is 35.5 Å². The van der Waals surface area contributed by atoms with E-state index in [-0.39, 0.29) is 29.8 Å². The van der Waals surface area contributed by atoms with Gasteiger partial charge in [-0.05, 0) is 74.3 Å². The molecule has 1 aliphatic carbocycles. The Morgan fingerprint density at radius 2 is 2.03 bits per heavy atom. The van der Waals surface area contributed by atoms with Gasteiger partial charge in [0.05, 0.1) is 12.1 Å². The van der Waals surface area contributed by atoms with Crippen LogP contribution in [0.1, 0.15) is 77.3 Å². The average molecular weight is 534 g/mol. The molecule has 1 aromatic rings. The molecule has 5 N–H and O–H groups in total. The fourth-order valence-corrected chi connectivity index (χ4v) is 4.43. The minimum absolute atomic E-state index is 0.00768. The van der Waals surface area contributed by atoms with E-state index in [1.807, 2.05) is 13.0 Å². The maximum atomic E-state index is 12.9. The Morgan fingerprint density at radius 3 is 2.58 bits per heavy atom. The number of nitrogens with two attached hydrogens (primary N) is 1. The monoisotopic (exact) mass is 533 g/mol. The van der Waals surface area contributed by atoms with Crippen molar-refractivity contribution in [1.82, 2.24) is 5.32 Å². The van der Waals surface area contributed by atoms with Crippen LogP contribution in [0.2, 0.25) is 0 Å². The number of nitriles is 1. The molecular weight excluding hydrogens is 495 g/mol. The second kappa shape index (κ2) is 13.1. The van der Waals surface area contributed by atoms with Crippen molar-refractivity contribution in [3.63, 3.8) is 0 Å². The number of alkyl halides is 3. The molecule has 1 amide bonds. The molecule has 1 unspecified atom stereocenters. The Bertz CT molecular complexity index is 1130. The van der Waals surface area contributed by atoms with Crippen molar-refractivity contribution in [2.75, 3.05) is 18.4 Å². The molecule has 0 aliphatic heterocycles. The van der Waals surface area contributed by atoms with Crippen LogP contribution in [-0.4, -0.2) is 36.0 Å². The molecule has 1 aliphatic rings. The van der Waals surface area contributed by atoms with Crippen molar-refractivity contribution in [1.29, 1.82) is 5.26 Å². The van der Waals surface area contributed by atoms with Crippen molar-refractivity contribution in [3.05, 3.63) is 47.3 Å². The molecule has 1 aromatic carbocycles. The first-order chi connectivity index (χ1) is 17.7. The molecule has 208 valence electrons. The highest BCUT2D eigenvalue weighted by Gasteiger charge is 2.32. The highest BCUT2D eigenvalue weighted by molar-refractivity contribution is 6.42. The predicted molar refractivity (Wildman–Crippen MR) is 144 cm³/mol. The SMILES string of the molecule is CCCC(O)(CCNCC(F)(F)F)c1ccc(NC(=O)C(C)=N/C(C#N)=C\N)c(C2=CCC(C)(C)CC2)c1. The van der Waals surface area contributed by atoms with Crippen LogP contribution in [-0.2, 0) is 10.4 Å². The van der Waals surface area contributed by atoms with Gasteiger partial charge in [0.1, 0.15) is 11.8 Å². The quantitative estimate of drug-likeness (QED) is 0.169. The Morgan fingerprint density at radius 1 is 1.32 bits per heavy atom. The predicted octanol–water partition coefficient (Wildman–Crippen LogP) is 5.53. The molecule has 10 heteroatoms.